The van der Waals surface area contributed by atoms with Gasteiger partial charge in [-0.1, -0.05) is 66.0 Å². The van der Waals surface area contributed by atoms with Crippen LogP contribution in [-0.2, 0) is 0 Å². The molecule has 0 radical (unpaired) electrons. The Balaban J connectivity index is 1.95. The SMILES string of the molecule is C1#P(c2ccccc2)C=CP1c1ccccc1. The molecule has 0 bridgehead atoms. The molecule has 0 fully saturated rings. The number of benzene rings is 2. The lowest BCUT2D eigenvalue weighted by molar-refractivity contribution is 1.78. The fourth-order valence-electron chi connectivity index (χ4n) is 1.78. The Hall–Kier alpha value is -1.31. The van der Waals surface area contributed by atoms with Crippen molar-refractivity contribution in [3.05, 3.63) is 72.3 Å². The normalized spacial score (nSPS) is 19.8. The van der Waals surface area contributed by atoms with Crippen molar-refractivity contribution >= 4 is 25.9 Å². The van der Waals surface area contributed by atoms with Crippen molar-refractivity contribution in [3.8, 4) is 5.37 Å². The van der Waals surface area contributed by atoms with Gasteiger partial charge >= 0.3 is 0 Å². The third kappa shape index (κ3) is 2.36. The molecule has 2 atom stereocenters. The van der Waals surface area contributed by atoms with Crippen molar-refractivity contribution in [2.75, 3.05) is 0 Å². The highest BCUT2D eigenvalue weighted by atomic mass is 31.2. The zero-order chi connectivity index (χ0) is 11.5. The lowest BCUT2D eigenvalue weighted by Crippen LogP contribution is -1.94. The van der Waals surface area contributed by atoms with E-state index >= 15 is 0 Å². The van der Waals surface area contributed by atoms with E-state index in [1.54, 1.807) is 0 Å². The van der Waals surface area contributed by atoms with Crippen molar-refractivity contribution < 1.29 is 0 Å². The predicted octanol–water partition coefficient (Wildman–Crippen LogP) is 4.00. The standard InChI is InChI=1S/C15H12P2/c1-3-7-14(8-4-1)16-11-12-17(13-16)15-9-5-2-6-10-15/h1-12H. The lowest BCUT2D eigenvalue weighted by Gasteiger charge is -2.02. The zero-order valence-electron chi connectivity index (χ0n) is 9.32. The van der Waals surface area contributed by atoms with Crippen molar-refractivity contribution in [1.29, 1.82) is 0 Å². The Morgan fingerprint density at radius 1 is 0.647 bits per heavy atom. The second-order valence-corrected chi connectivity index (χ2v) is 7.72. The summed E-state index contributed by atoms with van der Waals surface area (Å²) < 4.78 is 0. The van der Waals surface area contributed by atoms with E-state index in [4.69, 9.17) is 0 Å². The van der Waals surface area contributed by atoms with E-state index in [1.165, 1.54) is 10.6 Å². The maximum atomic E-state index is 3.74. The Bertz CT molecular complexity index is 615. The molecular formula is C15H12P2. The highest BCUT2D eigenvalue weighted by Crippen LogP contribution is 2.46. The van der Waals surface area contributed by atoms with E-state index in [2.05, 4.69) is 77.7 Å². The summed E-state index contributed by atoms with van der Waals surface area (Å²) in [6.07, 6.45) is 0. The van der Waals surface area contributed by atoms with E-state index in [-0.39, 0.29) is 15.3 Å². The Kier molecular flexibility index (Phi) is 3.12. The van der Waals surface area contributed by atoms with Gasteiger partial charge in [0.05, 0.1) is 0 Å². The Morgan fingerprint density at radius 3 is 1.88 bits per heavy atom. The molecule has 0 saturated carbocycles. The lowest BCUT2D eigenvalue weighted by atomic mass is 10.4. The van der Waals surface area contributed by atoms with Crippen LogP contribution in [0.15, 0.2) is 72.3 Å². The second-order valence-electron chi connectivity index (χ2n) is 3.81. The summed E-state index contributed by atoms with van der Waals surface area (Å²) in [5.74, 6) is 4.67. The van der Waals surface area contributed by atoms with Gasteiger partial charge in [0.15, 0.2) is 0 Å². The smallest absolute Gasteiger partial charge is 0.0234 e. The molecule has 2 aromatic rings. The molecule has 0 aromatic heterocycles. The summed E-state index contributed by atoms with van der Waals surface area (Å²) in [4.78, 5) is 0. The summed E-state index contributed by atoms with van der Waals surface area (Å²) in [7, 11) is -0.610. The van der Waals surface area contributed by atoms with E-state index in [9.17, 15) is 0 Å². The molecule has 1 aliphatic rings. The molecule has 0 nitrogen and oxygen atoms in total. The molecule has 2 aromatic carbocycles. The first-order chi connectivity index (χ1) is 8.43. The molecule has 0 amide bonds. The fraction of sp³-hybridized carbons (Fsp3) is 0. The summed E-state index contributed by atoms with van der Waals surface area (Å²) in [5.41, 5.74) is 0. The first-order valence-corrected chi connectivity index (χ1v) is 8.39. The molecule has 2 heteroatoms. The monoisotopic (exact) mass is 254 g/mol. The summed E-state index contributed by atoms with van der Waals surface area (Å²) >= 11 is 0. The highest BCUT2D eigenvalue weighted by Gasteiger charge is 2.09. The van der Waals surface area contributed by atoms with Gasteiger partial charge in [-0.3, -0.25) is 0 Å². The van der Waals surface area contributed by atoms with Crippen LogP contribution in [0.4, 0.5) is 0 Å². The van der Waals surface area contributed by atoms with Crippen LogP contribution in [0.5, 0.6) is 0 Å². The minimum absolute atomic E-state index is 0.305. The first-order valence-electron chi connectivity index (χ1n) is 5.57. The van der Waals surface area contributed by atoms with Crippen LogP contribution in [0.25, 0.3) is 0 Å². The third-order valence-electron chi connectivity index (χ3n) is 2.65. The van der Waals surface area contributed by atoms with Gasteiger partial charge in [0, 0.05) is 13.2 Å². The molecular weight excluding hydrogens is 242 g/mol. The summed E-state index contributed by atoms with van der Waals surface area (Å²) in [6.45, 7) is 0. The van der Waals surface area contributed by atoms with Gasteiger partial charge in [-0.25, -0.2) is 0 Å². The molecule has 0 saturated heterocycles. The average molecular weight is 254 g/mol. The average Bonchev–Trinajstić information content (AvgIpc) is 2.90. The van der Waals surface area contributed by atoms with Crippen LogP contribution in [-0.4, -0.2) is 0 Å². The van der Waals surface area contributed by atoms with Gasteiger partial charge in [0.1, 0.15) is 0 Å². The highest BCUT2D eigenvalue weighted by molar-refractivity contribution is 7.82. The Labute approximate surface area is 104 Å². The first kappa shape index (κ1) is 10.8. The summed E-state index contributed by atoms with van der Waals surface area (Å²) in [5, 5.41) is 6.55. The maximum Gasteiger partial charge on any atom is 0.0234 e. The number of hydrogen-bond donors (Lipinski definition) is 0. The third-order valence-corrected chi connectivity index (χ3v) is 7.21. The fourth-order valence-corrected chi connectivity index (χ4v) is 6.56. The number of hydrogen-bond acceptors (Lipinski definition) is 0. The van der Waals surface area contributed by atoms with Gasteiger partial charge < -0.3 is 0 Å². The number of rotatable bonds is 1. The van der Waals surface area contributed by atoms with Crippen molar-refractivity contribution in [2.45, 2.75) is 0 Å². The molecule has 1 heterocycles. The van der Waals surface area contributed by atoms with Crippen LogP contribution in [0.1, 0.15) is 0 Å². The van der Waals surface area contributed by atoms with Gasteiger partial charge in [0.2, 0.25) is 0 Å². The van der Waals surface area contributed by atoms with Crippen molar-refractivity contribution in [3.63, 3.8) is 0 Å². The maximum absolute atomic E-state index is 3.74. The van der Waals surface area contributed by atoms with Crippen LogP contribution >= 0.6 is 15.3 Å². The van der Waals surface area contributed by atoms with Crippen LogP contribution in [0.2, 0.25) is 0 Å². The molecule has 82 valence electrons. The molecule has 0 aliphatic carbocycles. The molecule has 0 spiro atoms. The molecule has 0 N–H and O–H groups in total. The molecule has 3 rings (SSSR count). The van der Waals surface area contributed by atoms with E-state index in [0.29, 0.717) is 0 Å². The quantitative estimate of drug-likeness (QED) is 0.675. The van der Waals surface area contributed by atoms with Crippen LogP contribution < -0.4 is 10.6 Å². The summed E-state index contributed by atoms with van der Waals surface area (Å²) in [6, 6.07) is 21.4. The Morgan fingerprint density at radius 2 is 1.24 bits per heavy atom. The van der Waals surface area contributed by atoms with Crippen molar-refractivity contribution in [1.82, 2.24) is 0 Å². The van der Waals surface area contributed by atoms with Crippen molar-refractivity contribution in [2.24, 2.45) is 0 Å². The second kappa shape index (κ2) is 4.91. The molecule has 17 heavy (non-hydrogen) atoms. The van der Waals surface area contributed by atoms with E-state index < -0.39 is 0 Å². The van der Waals surface area contributed by atoms with Gasteiger partial charge in [-0.15, -0.1) is 0 Å². The van der Waals surface area contributed by atoms with Gasteiger partial charge in [-0.2, -0.15) is 0 Å². The molecule has 1 aliphatic heterocycles. The van der Waals surface area contributed by atoms with Gasteiger partial charge in [0.25, 0.3) is 0 Å². The zero-order valence-corrected chi connectivity index (χ0v) is 11.1. The largest absolute Gasteiger partial charge is 0.0857 e. The predicted molar refractivity (Wildman–Crippen MR) is 79.0 cm³/mol. The minimum Gasteiger partial charge on any atom is -0.0857 e. The van der Waals surface area contributed by atoms with E-state index in [0.717, 1.165) is 0 Å². The van der Waals surface area contributed by atoms with Gasteiger partial charge in [-0.05, 0) is 24.3 Å². The minimum atomic E-state index is -0.305. The van der Waals surface area contributed by atoms with Crippen LogP contribution in [0, 0.1) is 5.37 Å². The molecule has 2 unspecified atom stereocenters. The van der Waals surface area contributed by atoms with Crippen LogP contribution in [0.3, 0.4) is 0 Å². The van der Waals surface area contributed by atoms with E-state index in [1.807, 2.05) is 0 Å². The topological polar surface area (TPSA) is 0 Å².